The van der Waals surface area contributed by atoms with Gasteiger partial charge in [0.1, 0.15) is 11.7 Å². The quantitative estimate of drug-likeness (QED) is 0.255. The first-order valence-electron chi connectivity index (χ1n) is 2.68. The van der Waals surface area contributed by atoms with Crippen molar-refractivity contribution in [2.75, 3.05) is 7.11 Å². The van der Waals surface area contributed by atoms with Gasteiger partial charge in [-0.3, -0.25) is 9.59 Å². The van der Waals surface area contributed by atoms with Gasteiger partial charge in [-0.25, -0.2) is 0 Å². The van der Waals surface area contributed by atoms with Gasteiger partial charge in [-0.1, -0.05) is 0 Å². The molecule has 1 unspecified atom stereocenters. The third-order valence-electron chi connectivity index (χ3n) is 1.16. The molecule has 0 saturated carbocycles. The Morgan fingerprint density at radius 1 is 1.36 bits per heavy atom. The average molecular weight is 170 g/mol. The monoisotopic (exact) mass is 170 g/mol. The fourth-order valence-electron chi connectivity index (χ4n) is 0.343. The number of carbonyl (C=O) groups is 2. The van der Waals surface area contributed by atoms with E-state index in [1.165, 1.54) is 21.0 Å². The number of Topliss-reactive ketones (excluding diaryl/α,β-unsaturated/α-hetero) is 1. The molecule has 0 radical (unpaired) electrons. The summed E-state index contributed by atoms with van der Waals surface area (Å²) in [6.45, 7) is 2.88. The Morgan fingerprint density at radius 2 is 1.73 bits per heavy atom. The van der Waals surface area contributed by atoms with Crippen molar-refractivity contribution in [3.05, 3.63) is 0 Å². The minimum Gasteiger partial charge on any atom is -0.870 e. The molecule has 60 valence electrons. The summed E-state index contributed by atoms with van der Waals surface area (Å²) in [5, 5.41) is 0. The second-order valence-corrected chi connectivity index (χ2v) is 1.86. The Labute approximate surface area is 87.9 Å². The topological polar surface area (TPSA) is 73.4 Å². The molecule has 0 aliphatic rings. The van der Waals surface area contributed by atoms with Crippen LogP contribution in [0.2, 0.25) is 0 Å². The van der Waals surface area contributed by atoms with Crippen LogP contribution in [-0.2, 0) is 14.3 Å². The number of esters is 1. The zero-order valence-electron chi connectivity index (χ0n) is 7.25. The molecular weight excluding hydrogens is 159 g/mol. The molecule has 0 saturated heterocycles. The van der Waals surface area contributed by atoms with E-state index in [0.29, 0.717) is 0 Å². The standard InChI is InChI=1S/C6H10O3.Na.H2O/c1-4(5(2)7)6(8)9-3;;/h4H,1-3H3;;1H2/q;+1;/p-1. The van der Waals surface area contributed by atoms with Crippen LogP contribution in [0.1, 0.15) is 13.8 Å². The summed E-state index contributed by atoms with van der Waals surface area (Å²) in [6, 6.07) is 0. The molecule has 11 heavy (non-hydrogen) atoms. The maximum absolute atomic E-state index is 10.5. The van der Waals surface area contributed by atoms with E-state index < -0.39 is 11.9 Å². The fourth-order valence-corrected chi connectivity index (χ4v) is 0.343. The zero-order chi connectivity index (χ0) is 7.44. The molecule has 0 rings (SSSR count). The number of rotatable bonds is 2. The molecule has 0 aliphatic carbocycles. The maximum Gasteiger partial charge on any atom is 1.00 e. The predicted molar refractivity (Wildman–Crippen MR) is 33.8 cm³/mol. The van der Waals surface area contributed by atoms with Crippen LogP contribution in [0.3, 0.4) is 0 Å². The van der Waals surface area contributed by atoms with Crippen molar-refractivity contribution in [1.82, 2.24) is 0 Å². The largest absolute Gasteiger partial charge is 1.00 e. The third-order valence-corrected chi connectivity index (χ3v) is 1.16. The summed E-state index contributed by atoms with van der Waals surface area (Å²) < 4.78 is 4.31. The molecule has 0 aromatic heterocycles. The van der Waals surface area contributed by atoms with Gasteiger partial charge < -0.3 is 10.2 Å². The van der Waals surface area contributed by atoms with Crippen molar-refractivity contribution in [2.24, 2.45) is 5.92 Å². The summed E-state index contributed by atoms with van der Waals surface area (Å²) in [6.07, 6.45) is 0. The number of ether oxygens (including phenoxy) is 1. The van der Waals surface area contributed by atoms with Gasteiger partial charge in [0.15, 0.2) is 0 Å². The first-order chi connectivity index (χ1) is 4.09. The van der Waals surface area contributed by atoms with E-state index >= 15 is 0 Å². The van der Waals surface area contributed by atoms with Gasteiger partial charge in [0.25, 0.3) is 0 Å². The van der Waals surface area contributed by atoms with E-state index in [1.807, 2.05) is 0 Å². The van der Waals surface area contributed by atoms with Gasteiger partial charge in [-0.15, -0.1) is 0 Å². The van der Waals surface area contributed by atoms with Crippen LogP contribution in [0.15, 0.2) is 0 Å². The molecule has 0 bridgehead atoms. The minimum atomic E-state index is -0.616. The van der Waals surface area contributed by atoms with E-state index in [1.54, 1.807) is 0 Å². The van der Waals surface area contributed by atoms with Gasteiger partial charge in [0.05, 0.1) is 7.11 Å². The Bertz CT molecular complexity index is 135. The second-order valence-electron chi connectivity index (χ2n) is 1.86. The summed E-state index contributed by atoms with van der Waals surface area (Å²) >= 11 is 0. The van der Waals surface area contributed by atoms with Crippen molar-refractivity contribution in [1.29, 1.82) is 0 Å². The van der Waals surface area contributed by atoms with Gasteiger partial charge in [0.2, 0.25) is 0 Å². The van der Waals surface area contributed by atoms with Crippen molar-refractivity contribution >= 4 is 11.8 Å². The van der Waals surface area contributed by atoms with Gasteiger partial charge in [0, 0.05) is 0 Å². The van der Waals surface area contributed by atoms with Gasteiger partial charge in [-0.2, -0.15) is 0 Å². The van der Waals surface area contributed by atoms with Crippen LogP contribution in [0, 0.1) is 5.92 Å². The van der Waals surface area contributed by atoms with Crippen LogP contribution < -0.4 is 29.6 Å². The molecule has 4 nitrogen and oxygen atoms in total. The third kappa shape index (κ3) is 6.50. The normalized spacial score (nSPS) is 10.1. The smallest absolute Gasteiger partial charge is 0.870 e. The van der Waals surface area contributed by atoms with E-state index in [-0.39, 0.29) is 40.8 Å². The Morgan fingerprint density at radius 3 is 1.82 bits per heavy atom. The zero-order valence-corrected chi connectivity index (χ0v) is 9.25. The molecule has 0 fully saturated rings. The number of hydrogen-bond acceptors (Lipinski definition) is 4. The molecule has 1 atom stereocenters. The van der Waals surface area contributed by atoms with Gasteiger partial charge in [-0.05, 0) is 13.8 Å². The molecule has 1 N–H and O–H groups in total. The summed E-state index contributed by atoms with van der Waals surface area (Å²) in [7, 11) is 1.27. The summed E-state index contributed by atoms with van der Waals surface area (Å²) in [4.78, 5) is 21.0. The van der Waals surface area contributed by atoms with E-state index in [0.717, 1.165) is 0 Å². The number of hydrogen-bond donors (Lipinski definition) is 0. The minimum absolute atomic E-state index is 0. The van der Waals surface area contributed by atoms with Gasteiger partial charge >= 0.3 is 35.5 Å². The van der Waals surface area contributed by atoms with Crippen molar-refractivity contribution in [3.8, 4) is 0 Å². The first kappa shape index (κ1) is 17.3. The molecule has 0 aromatic carbocycles. The molecule has 5 heteroatoms. The van der Waals surface area contributed by atoms with Crippen LogP contribution in [0.4, 0.5) is 0 Å². The molecule has 0 spiro atoms. The first-order valence-corrected chi connectivity index (χ1v) is 2.68. The number of carbonyl (C=O) groups excluding carboxylic acids is 2. The Kier molecular flexibility index (Phi) is 12.9. The van der Waals surface area contributed by atoms with Crippen molar-refractivity contribution in [3.63, 3.8) is 0 Å². The Hall–Kier alpha value is 0.1000. The maximum atomic E-state index is 10.5. The SMILES string of the molecule is COC(=O)C(C)C(C)=O.[Na+].[OH-]. The van der Waals surface area contributed by atoms with Crippen LogP contribution in [-0.4, -0.2) is 24.3 Å². The molecule has 0 heterocycles. The van der Waals surface area contributed by atoms with Crippen molar-refractivity contribution < 1.29 is 49.4 Å². The van der Waals surface area contributed by atoms with E-state index in [2.05, 4.69) is 4.74 Å². The van der Waals surface area contributed by atoms with E-state index in [9.17, 15) is 9.59 Å². The van der Waals surface area contributed by atoms with Crippen LogP contribution in [0.5, 0.6) is 0 Å². The predicted octanol–water partition coefficient (Wildman–Crippen LogP) is -2.79. The molecule has 0 aromatic rings. The summed E-state index contributed by atoms with van der Waals surface area (Å²) in [5.74, 6) is -1.25. The summed E-state index contributed by atoms with van der Waals surface area (Å²) in [5.41, 5.74) is 0. The number of ketones is 1. The van der Waals surface area contributed by atoms with E-state index in [4.69, 9.17) is 0 Å². The van der Waals surface area contributed by atoms with Crippen LogP contribution in [0.25, 0.3) is 0 Å². The fraction of sp³-hybridized carbons (Fsp3) is 0.667. The molecular formula is C6H11NaO4. The van der Waals surface area contributed by atoms with Crippen molar-refractivity contribution in [2.45, 2.75) is 13.8 Å². The molecule has 0 amide bonds. The second kappa shape index (κ2) is 8.20. The molecule has 0 aliphatic heterocycles. The van der Waals surface area contributed by atoms with Crippen LogP contribution >= 0.6 is 0 Å². The Balaban J connectivity index is -0.000000320. The average Bonchev–Trinajstić information content (AvgIpc) is 1.84. The number of methoxy groups -OCH3 is 1.